The predicted molar refractivity (Wildman–Crippen MR) is 241 cm³/mol. The molecule has 0 saturated heterocycles. The highest BCUT2D eigenvalue weighted by Gasteiger charge is 2.20. The van der Waals surface area contributed by atoms with E-state index in [0.29, 0.717) is 0 Å². The minimum absolute atomic E-state index is 1.20. The molecule has 11 aromatic rings. The van der Waals surface area contributed by atoms with E-state index < -0.39 is 0 Å². The van der Waals surface area contributed by atoms with Gasteiger partial charge in [0.15, 0.2) is 0 Å². The van der Waals surface area contributed by atoms with Crippen LogP contribution in [0, 0.1) is 0 Å². The molecule has 260 valence electrons. The topological polar surface area (TPSA) is 0 Å². The Morgan fingerprint density at radius 3 is 1.52 bits per heavy atom. The maximum atomic E-state index is 2.44. The summed E-state index contributed by atoms with van der Waals surface area (Å²) in [5.41, 5.74) is 12.4. The Bertz CT molecular complexity index is 3290. The summed E-state index contributed by atoms with van der Waals surface area (Å²) in [6.45, 7) is 0. The van der Waals surface area contributed by atoms with Gasteiger partial charge in [0.25, 0.3) is 0 Å². The largest absolute Gasteiger partial charge is 0.0622 e. The zero-order chi connectivity index (χ0) is 37.0. The van der Waals surface area contributed by atoms with Crippen LogP contribution in [-0.4, -0.2) is 0 Å². The molecule has 0 fully saturated rings. The molecule has 0 saturated carbocycles. The van der Waals surface area contributed by atoms with Crippen molar-refractivity contribution in [1.82, 2.24) is 0 Å². The average molecular weight is 709 g/mol. The molecular weight excluding hydrogens is 673 g/mol. The fraction of sp³-hybridized carbons (Fsp3) is 0. The third kappa shape index (κ3) is 5.30. The fourth-order valence-corrected chi connectivity index (χ4v) is 9.03. The monoisotopic (exact) mass is 708 g/mol. The molecule has 0 amide bonds. The highest BCUT2D eigenvalue weighted by atomic mass is 14.2. The molecule has 0 heterocycles. The van der Waals surface area contributed by atoms with Gasteiger partial charge in [-0.05, 0) is 128 Å². The normalized spacial score (nSPS) is 11.6. The molecule has 56 heavy (non-hydrogen) atoms. The van der Waals surface area contributed by atoms with Gasteiger partial charge in [0, 0.05) is 0 Å². The molecular formula is C56H36. The first-order valence-corrected chi connectivity index (χ1v) is 19.4. The molecule has 0 heteroatoms. The van der Waals surface area contributed by atoms with Gasteiger partial charge in [0.05, 0.1) is 0 Å². The van der Waals surface area contributed by atoms with Crippen molar-refractivity contribution in [3.8, 4) is 55.6 Å². The number of benzene rings is 11. The second-order valence-electron chi connectivity index (χ2n) is 14.8. The minimum Gasteiger partial charge on any atom is -0.0622 e. The number of hydrogen-bond donors (Lipinski definition) is 0. The van der Waals surface area contributed by atoms with Crippen LogP contribution in [0.4, 0.5) is 0 Å². The van der Waals surface area contributed by atoms with E-state index in [1.165, 1.54) is 109 Å². The lowest BCUT2D eigenvalue weighted by Crippen LogP contribution is -1.93. The first kappa shape index (κ1) is 32.2. The van der Waals surface area contributed by atoms with Crippen LogP contribution in [0.2, 0.25) is 0 Å². The summed E-state index contributed by atoms with van der Waals surface area (Å²) in [6.07, 6.45) is 0. The van der Waals surface area contributed by atoms with Gasteiger partial charge in [-0.3, -0.25) is 0 Å². The van der Waals surface area contributed by atoms with Crippen molar-refractivity contribution < 1.29 is 0 Å². The van der Waals surface area contributed by atoms with Gasteiger partial charge in [0.1, 0.15) is 0 Å². The van der Waals surface area contributed by atoms with Crippen LogP contribution in [0.3, 0.4) is 0 Å². The van der Waals surface area contributed by atoms with Crippen LogP contribution in [0.5, 0.6) is 0 Å². The van der Waals surface area contributed by atoms with E-state index in [-0.39, 0.29) is 0 Å². The van der Waals surface area contributed by atoms with Gasteiger partial charge in [-0.1, -0.05) is 200 Å². The molecule has 0 spiro atoms. The van der Waals surface area contributed by atoms with E-state index in [9.17, 15) is 0 Å². The van der Waals surface area contributed by atoms with E-state index in [1.807, 2.05) is 0 Å². The summed E-state index contributed by atoms with van der Waals surface area (Å²) in [5, 5.41) is 12.5. The van der Waals surface area contributed by atoms with Crippen LogP contribution in [-0.2, 0) is 0 Å². The van der Waals surface area contributed by atoms with Crippen LogP contribution >= 0.6 is 0 Å². The molecule has 0 radical (unpaired) electrons. The molecule has 0 aliphatic carbocycles. The smallest absolute Gasteiger partial charge is 0.00201 e. The molecule has 0 N–H and O–H groups in total. The summed E-state index contributed by atoms with van der Waals surface area (Å²) in [4.78, 5) is 0. The second kappa shape index (κ2) is 13.2. The fourth-order valence-electron chi connectivity index (χ4n) is 9.03. The molecule has 0 atom stereocenters. The van der Waals surface area contributed by atoms with Gasteiger partial charge in [-0.25, -0.2) is 0 Å². The van der Waals surface area contributed by atoms with Crippen molar-refractivity contribution >= 4 is 53.9 Å². The zero-order valence-electron chi connectivity index (χ0n) is 30.8. The summed E-state index contributed by atoms with van der Waals surface area (Å²) in [7, 11) is 0. The van der Waals surface area contributed by atoms with Crippen LogP contribution in [0.1, 0.15) is 0 Å². The molecule has 0 nitrogen and oxygen atoms in total. The van der Waals surface area contributed by atoms with Crippen LogP contribution in [0.25, 0.3) is 109 Å². The van der Waals surface area contributed by atoms with E-state index >= 15 is 0 Å². The molecule has 11 rings (SSSR count). The maximum absolute atomic E-state index is 2.44. The highest BCUT2D eigenvalue weighted by Crippen LogP contribution is 2.48. The summed E-state index contributed by atoms with van der Waals surface area (Å²) in [5.74, 6) is 0. The summed E-state index contributed by atoms with van der Waals surface area (Å²) >= 11 is 0. The lowest BCUT2D eigenvalue weighted by atomic mass is 9.82. The predicted octanol–water partition coefficient (Wildman–Crippen LogP) is 15.8. The Kier molecular flexibility index (Phi) is 7.60. The first-order valence-electron chi connectivity index (χ1n) is 19.4. The first-order chi connectivity index (χ1) is 27.8. The molecule has 0 aliphatic heterocycles. The molecule has 0 unspecified atom stereocenters. The third-order valence-electron chi connectivity index (χ3n) is 11.6. The Morgan fingerprint density at radius 2 is 0.696 bits per heavy atom. The van der Waals surface area contributed by atoms with Crippen molar-refractivity contribution in [2.45, 2.75) is 0 Å². The van der Waals surface area contributed by atoms with Crippen molar-refractivity contribution in [2.75, 3.05) is 0 Å². The Morgan fingerprint density at radius 1 is 0.179 bits per heavy atom. The SMILES string of the molecule is c1ccc(-c2ccc(-c3c4ccccc4c(-c4ccc5ccccc5c4)c4cc(-c5cccc(-c6cccc7ccccc67)c5)ccc34)c3ccccc23)cc1. The molecule has 0 bridgehead atoms. The van der Waals surface area contributed by atoms with E-state index in [1.54, 1.807) is 0 Å². The lowest BCUT2D eigenvalue weighted by molar-refractivity contribution is 1.61. The summed E-state index contributed by atoms with van der Waals surface area (Å²) < 4.78 is 0. The van der Waals surface area contributed by atoms with Gasteiger partial charge < -0.3 is 0 Å². The van der Waals surface area contributed by atoms with Gasteiger partial charge in [-0.15, -0.1) is 0 Å². The maximum Gasteiger partial charge on any atom is -0.00201 e. The third-order valence-corrected chi connectivity index (χ3v) is 11.6. The Hall–Kier alpha value is -7.28. The van der Waals surface area contributed by atoms with Gasteiger partial charge in [-0.2, -0.15) is 0 Å². The quantitative estimate of drug-likeness (QED) is 0.156. The molecule has 0 aliphatic rings. The molecule has 0 aromatic heterocycles. The minimum atomic E-state index is 1.20. The van der Waals surface area contributed by atoms with Crippen molar-refractivity contribution in [3.63, 3.8) is 0 Å². The Balaban J connectivity index is 1.20. The van der Waals surface area contributed by atoms with Crippen molar-refractivity contribution in [2.24, 2.45) is 0 Å². The Labute approximate surface area is 326 Å². The standard InChI is InChI=1S/C56H36/c1-2-15-38(16-3-1)47-32-33-52(49-24-9-8-23-48(47)49)56-51-26-11-10-25-50(51)55(44-29-28-37-14-4-5-18-40(37)35-44)54-36-42(30-31-53(54)56)41-20-12-21-43(34-41)46-27-13-19-39-17-6-7-22-45(39)46/h1-36H. The van der Waals surface area contributed by atoms with E-state index in [2.05, 4.69) is 218 Å². The van der Waals surface area contributed by atoms with Crippen molar-refractivity contribution in [1.29, 1.82) is 0 Å². The van der Waals surface area contributed by atoms with Gasteiger partial charge in [0.2, 0.25) is 0 Å². The highest BCUT2D eigenvalue weighted by molar-refractivity contribution is 6.25. The van der Waals surface area contributed by atoms with Gasteiger partial charge >= 0.3 is 0 Å². The lowest BCUT2D eigenvalue weighted by Gasteiger charge is -2.21. The van der Waals surface area contributed by atoms with Crippen molar-refractivity contribution in [3.05, 3.63) is 218 Å². The summed E-state index contributed by atoms with van der Waals surface area (Å²) in [6, 6.07) is 80.4. The second-order valence-corrected chi connectivity index (χ2v) is 14.8. The van der Waals surface area contributed by atoms with Crippen LogP contribution in [0.15, 0.2) is 218 Å². The number of rotatable bonds is 5. The van der Waals surface area contributed by atoms with E-state index in [0.717, 1.165) is 0 Å². The molecule has 11 aromatic carbocycles. The number of fused-ring (bicyclic) bond motifs is 5. The zero-order valence-corrected chi connectivity index (χ0v) is 30.8. The van der Waals surface area contributed by atoms with E-state index in [4.69, 9.17) is 0 Å². The number of hydrogen-bond acceptors (Lipinski definition) is 0. The van der Waals surface area contributed by atoms with Crippen LogP contribution < -0.4 is 0 Å². The average Bonchev–Trinajstić information content (AvgIpc) is 3.27.